The average Bonchev–Trinajstić information content (AvgIpc) is 3.52. The Morgan fingerprint density at radius 2 is 1.97 bits per heavy atom. The normalized spacial score (nSPS) is 15.4. The van der Waals surface area contributed by atoms with Crippen LogP contribution in [-0.2, 0) is 16.6 Å². The molecule has 0 saturated carbocycles. The van der Waals surface area contributed by atoms with Gasteiger partial charge >= 0.3 is 6.16 Å². The van der Waals surface area contributed by atoms with Crippen molar-refractivity contribution >= 4 is 27.9 Å². The van der Waals surface area contributed by atoms with Crippen molar-refractivity contribution in [2.75, 3.05) is 24.4 Å². The number of halogens is 1. The Labute approximate surface area is 206 Å². The molecule has 5 rings (SSSR count). The largest absolute Gasteiger partial charge is 0.511 e. The lowest BCUT2D eigenvalue weighted by atomic mass is 10.0. The number of ether oxygens (including phenoxy) is 2. The Morgan fingerprint density at radius 3 is 2.75 bits per heavy atom. The molecule has 0 radical (unpaired) electrons. The number of carboxylic acid groups (broad SMARTS) is 1. The summed E-state index contributed by atoms with van der Waals surface area (Å²) in [5.41, 5.74) is 1.21. The summed E-state index contributed by atoms with van der Waals surface area (Å²) < 4.78 is 59.1. The summed E-state index contributed by atoms with van der Waals surface area (Å²) in [6, 6.07) is 8.02. The molecule has 2 aliphatic heterocycles. The molecule has 1 aromatic heterocycles. The van der Waals surface area contributed by atoms with Crippen molar-refractivity contribution in [1.29, 1.82) is 0 Å². The third-order valence-corrected chi connectivity index (χ3v) is 7.49. The zero-order chi connectivity index (χ0) is 25.3. The zero-order valence-corrected chi connectivity index (χ0v) is 19.9. The van der Waals surface area contributed by atoms with Crippen molar-refractivity contribution in [2.45, 2.75) is 24.3 Å². The first-order chi connectivity index (χ1) is 17.3. The topological polar surface area (TPSA) is 118 Å². The molecule has 2 aromatic carbocycles. The number of anilines is 1. The van der Waals surface area contributed by atoms with Gasteiger partial charge in [-0.15, -0.1) is 0 Å². The molecular formula is C25H23FN2O7S. The van der Waals surface area contributed by atoms with Crippen LogP contribution in [0.4, 0.5) is 14.9 Å². The fourth-order valence-corrected chi connectivity index (χ4v) is 5.65. The molecule has 9 nitrogen and oxygen atoms in total. The molecule has 0 bridgehead atoms. The first-order valence-corrected chi connectivity index (χ1v) is 12.8. The lowest BCUT2D eigenvalue weighted by Gasteiger charge is -2.21. The van der Waals surface area contributed by atoms with Crippen molar-refractivity contribution in [2.24, 2.45) is 0 Å². The molecule has 1 saturated heterocycles. The van der Waals surface area contributed by atoms with E-state index in [0.29, 0.717) is 23.4 Å². The molecule has 2 N–H and O–H groups in total. The zero-order valence-electron chi connectivity index (χ0n) is 19.1. The number of benzene rings is 2. The van der Waals surface area contributed by atoms with Gasteiger partial charge in [0.15, 0.2) is 5.75 Å². The molecule has 188 valence electrons. The number of nitrogens with zero attached hydrogens (tertiary/aromatic N) is 1. The lowest BCUT2D eigenvalue weighted by molar-refractivity contribution is 0.141. The molecule has 0 atom stereocenters. The van der Waals surface area contributed by atoms with Crippen molar-refractivity contribution in [3.8, 4) is 22.6 Å². The van der Waals surface area contributed by atoms with Gasteiger partial charge in [0.1, 0.15) is 18.2 Å². The van der Waals surface area contributed by atoms with Gasteiger partial charge in [-0.25, -0.2) is 17.6 Å². The number of carbonyl (C=O) groups is 1. The van der Waals surface area contributed by atoms with E-state index >= 15 is 0 Å². The van der Waals surface area contributed by atoms with Crippen molar-refractivity contribution in [3.63, 3.8) is 0 Å². The van der Waals surface area contributed by atoms with E-state index in [9.17, 15) is 22.7 Å². The second-order valence-corrected chi connectivity index (χ2v) is 10.1. The number of hydrogen-bond acceptors (Lipinski definition) is 7. The number of furan rings is 1. The summed E-state index contributed by atoms with van der Waals surface area (Å²) in [5.74, 6) is -0.267. The van der Waals surface area contributed by atoms with Gasteiger partial charge < -0.3 is 19.0 Å². The van der Waals surface area contributed by atoms with E-state index in [-0.39, 0.29) is 34.3 Å². The summed E-state index contributed by atoms with van der Waals surface area (Å²) in [6.45, 7) is 2.57. The Kier molecular flexibility index (Phi) is 6.42. The number of sulfonamides is 1. The third kappa shape index (κ3) is 4.79. The Bertz CT molecular complexity index is 1440. The van der Waals surface area contributed by atoms with Crippen LogP contribution in [0.3, 0.4) is 0 Å². The molecule has 0 spiro atoms. The maximum atomic E-state index is 14.0. The minimum Gasteiger partial charge on any atom is -0.481 e. The summed E-state index contributed by atoms with van der Waals surface area (Å²) in [5, 5.41) is 9.30. The van der Waals surface area contributed by atoms with E-state index < -0.39 is 22.0 Å². The van der Waals surface area contributed by atoms with E-state index in [4.69, 9.17) is 13.9 Å². The molecular weight excluding hydrogens is 491 g/mol. The molecule has 3 heterocycles. The van der Waals surface area contributed by atoms with Gasteiger partial charge in [-0.2, -0.15) is 0 Å². The van der Waals surface area contributed by atoms with Gasteiger partial charge in [0, 0.05) is 17.7 Å². The van der Waals surface area contributed by atoms with Crippen LogP contribution in [0.25, 0.3) is 17.2 Å². The monoisotopic (exact) mass is 514 g/mol. The molecule has 1 fully saturated rings. The average molecular weight is 515 g/mol. The van der Waals surface area contributed by atoms with Gasteiger partial charge in [-0.1, -0.05) is 12.2 Å². The quantitative estimate of drug-likeness (QED) is 0.336. The number of fused-ring (bicyclic) bond motifs is 3. The minimum atomic E-state index is -4.27. The Morgan fingerprint density at radius 1 is 1.17 bits per heavy atom. The minimum absolute atomic E-state index is 0.0193. The highest BCUT2D eigenvalue weighted by Crippen LogP contribution is 2.48. The lowest BCUT2D eigenvalue weighted by Crippen LogP contribution is -2.19. The highest BCUT2D eigenvalue weighted by atomic mass is 32.2. The van der Waals surface area contributed by atoms with Crippen LogP contribution in [0.1, 0.15) is 24.2 Å². The first kappa shape index (κ1) is 23.9. The van der Waals surface area contributed by atoms with Crippen LogP contribution >= 0.6 is 0 Å². The van der Waals surface area contributed by atoms with Crippen LogP contribution in [-0.4, -0.2) is 44.2 Å². The Balaban J connectivity index is 1.49. The summed E-state index contributed by atoms with van der Waals surface area (Å²) >= 11 is 0. The SMILES string of the molecule is O=C(O)Oc1c(NS(=O)(=O)c2ccc(F)cc2/C=C\CN2CCCC2)ccc2c1OCc1occc1-2. The smallest absolute Gasteiger partial charge is 0.481 e. The molecule has 36 heavy (non-hydrogen) atoms. The third-order valence-electron chi connectivity index (χ3n) is 6.05. The summed E-state index contributed by atoms with van der Waals surface area (Å²) in [4.78, 5) is 13.5. The number of nitrogens with one attached hydrogen (secondary N) is 1. The predicted octanol–water partition coefficient (Wildman–Crippen LogP) is 4.94. The Hall–Kier alpha value is -3.83. The maximum Gasteiger partial charge on any atom is 0.511 e. The molecule has 11 heteroatoms. The number of rotatable bonds is 7. The van der Waals surface area contributed by atoms with Crippen molar-refractivity contribution in [1.82, 2.24) is 4.90 Å². The van der Waals surface area contributed by atoms with E-state index in [2.05, 4.69) is 9.62 Å². The van der Waals surface area contributed by atoms with Gasteiger partial charge in [0.2, 0.25) is 5.75 Å². The molecule has 3 aromatic rings. The van der Waals surface area contributed by atoms with Crippen LogP contribution in [0, 0.1) is 5.82 Å². The number of likely N-dealkylation sites (tertiary alicyclic amines) is 1. The van der Waals surface area contributed by atoms with E-state index in [1.165, 1.54) is 12.3 Å². The molecule has 0 aliphatic carbocycles. The maximum absolute atomic E-state index is 14.0. The fourth-order valence-electron chi connectivity index (χ4n) is 4.41. The first-order valence-electron chi connectivity index (χ1n) is 11.3. The molecule has 0 unspecified atom stereocenters. The van der Waals surface area contributed by atoms with Crippen molar-refractivity contribution < 1.29 is 36.6 Å². The predicted molar refractivity (Wildman–Crippen MR) is 129 cm³/mol. The second-order valence-electron chi connectivity index (χ2n) is 8.43. The van der Waals surface area contributed by atoms with Gasteiger partial charge in [0.25, 0.3) is 10.0 Å². The number of hydrogen-bond donors (Lipinski definition) is 2. The van der Waals surface area contributed by atoms with Gasteiger partial charge in [0.05, 0.1) is 16.8 Å². The highest BCUT2D eigenvalue weighted by Gasteiger charge is 2.29. The summed E-state index contributed by atoms with van der Waals surface area (Å²) in [7, 11) is -4.27. The highest BCUT2D eigenvalue weighted by molar-refractivity contribution is 7.92. The molecule has 0 amide bonds. The van der Waals surface area contributed by atoms with Crippen molar-refractivity contribution in [3.05, 3.63) is 65.9 Å². The van der Waals surface area contributed by atoms with E-state index in [1.807, 2.05) is 0 Å². The summed E-state index contributed by atoms with van der Waals surface area (Å²) in [6.07, 6.45) is 5.44. The van der Waals surface area contributed by atoms with Crippen LogP contribution in [0.2, 0.25) is 0 Å². The second kappa shape index (κ2) is 9.67. The molecule has 2 aliphatic rings. The van der Waals surface area contributed by atoms with Crippen LogP contribution in [0.5, 0.6) is 11.5 Å². The van der Waals surface area contributed by atoms with Gasteiger partial charge in [-0.3, -0.25) is 9.62 Å². The van der Waals surface area contributed by atoms with Crippen LogP contribution in [0.15, 0.2) is 58.1 Å². The van der Waals surface area contributed by atoms with E-state index in [0.717, 1.165) is 44.1 Å². The fraction of sp³-hybridized carbons (Fsp3) is 0.240. The van der Waals surface area contributed by atoms with Gasteiger partial charge in [-0.05, 0) is 67.9 Å². The van der Waals surface area contributed by atoms with E-state index in [1.54, 1.807) is 24.3 Å². The standard InChI is InChI=1S/C25H23FN2O7S/c26-17-5-8-22(16(14-17)4-3-12-28-10-1-2-11-28)36(31,32)27-20-7-6-19-18-9-13-33-21(18)15-34-23(19)24(20)35-25(29)30/h3-9,13-14,27H,1-2,10-12,15H2,(H,29,30)/b4-3-. The van der Waals surface area contributed by atoms with Crippen LogP contribution < -0.4 is 14.2 Å².